The van der Waals surface area contributed by atoms with E-state index in [1.165, 1.54) is 0 Å². The Bertz CT molecular complexity index is 1520. The van der Waals surface area contributed by atoms with Crippen molar-refractivity contribution in [3.05, 3.63) is 65.2 Å². The molecule has 0 spiro atoms. The Kier molecular flexibility index (Phi) is 8.38. The van der Waals surface area contributed by atoms with Crippen molar-refractivity contribution < 1.29 is 14.6 Å². The summed E-state index contributed by atoms with van der Waals surface area (Å²) in [5.74, 6) is 2.44. The molecule has 0 amide bonds. The summed E-state index contributed by atoms with van der Waals surface area (Å²) in [6.45, 7) is 5.36. The lowest BCUT2D eigenvalue weighted by Gasteiger charge is -2.10. The first-order valence-corrected chi connectivity index (χ1v) is 13.9. The van der Waals surface area contributed by atoms with Gasteiger partial charge in [0.15, 0.2) is 0 Å². The number of hydrogen-bond acceptors (Lipinski definition) is 7. The number of aromatic hydroxyl groups is 1. The zero-order chi connectivity index (χ0) is 28.2. The molecule has 8 heteroatoms. The normalized spacial score (nSPS) is 12.8. The molecular formula is C32H39N5O3. The molecule has 5 rings (SSSR count). The molecule has 0 aliphatic carbocycles. The molecule has 0 radical (unpaired) electrons. The van der Waals surface area contributed by atoms with Gasteiger partial charge in [-0.05, 0) is 89.4 Å². The zero-order valence-electron chi connectivity index (χ0n) is 24.1. The second-order valence-corrected chi connectivity index (χ2v) is 11.0. The molecule has 0 saturated heterocycles. The molecule has 0 fully saturated rings. The van der Waals surface area contributed by atoms with Gasteiger partial charge in [-0.2, -0.15) is 0 Å². The molecule has 0 bridgehead atoms. The van der Waals surface area contributed by atoms with Gasteiger partial charge in [-0.3, -0.25) is 4.99 Å². The third-order valence-electron chi connectivity index (χ3n) is 7.07. The highest BCUT2D eigenvalue weighted by molar-refractivity contribution is 6.08. The number of aryl methyl sites for hydroxylation is 1. The fraction of sp³-hybridized carbons (Fsp3) is 0.375. The van der Waals surface area contributed by atoms with Crippen LogP contribution in [0.5, 0.6) is 17.2 Å². The molecular weight excluding hydrogens is 502 g/mol. The molecule has 210 valence electrons. The molecule has 2 heterocycles. The standard InChI is InChI=1S/C32H39N5O3/c1-21-16-26(32-34-27-11-10-24(19-30(27)35-32)40-15-7-13-37(4)5)31(38)20-25(21)29-17-22-8-9-23(18-28(22)33-29)39-14-6-12-36(2)3/h8-11,16,18-20,38H,6-7,12-15,17H2,1-5H3,(H,34,35). The van der Waals surface area contributed by atoms with Crippen LogP contribution < -0.4 is 9.47 Å². The Balaban J connectivity index is 1.31. The van der Waals surface area contributed by atoms with Crippen LogP contribution in [0.3, 0.4) is 0 Å². The van der Waals surface area contributed by atoms with E-state index in [1.54, 1.807) is 6.07 Å². The summed E-state index contributed by atoms with van der Waals surface area (Å²) in [5, 5.41) is 11.1. The zero-order valence-corrected chi connectivity index (χ0v) is 24.1. The minimum atomic E-state index is 0.170. The monoisotopic (exact) mass is 541 g/mol. The third kappa shape index (κ3) is 6.46. The van der Waals surface area contributed by atoms with Crippen LogP contribution in [-0.4, -0.2) is 85.1 Å². The Morgan fingerprint density at radius 2 is 1.52 bits per heavy atom. The average molecular weight is 542 g/mol. The second kappa shape index (κ2) is 12.1. The SMILES string of the molecule is Cc1cc(-c2nc3ccc(OCCCN(C)C)cc3[nH]2)c(O)cc1C1=Nc2cc(OCCCN(C)C)ccc2C1. The van der Waals surface area contributed by atoms with E-state index >= 15 is 0 Å². The molecule has 4 aromatic rings. The maximum absolute atomic E-state index is 11.1. The Labute approximate surface area is 236 Å². The van der Waals surface area contributed by atoms with E-state index in [0.29, 0.717) is 24.6 Å². The first-order valence-electron chi connectivity index (χ1n) is 13.9. The summed E-state index contributed by atoms with van der Waals surface area (Å²) >= 11 is 0. The van der Waals surface area contributed by atoms with Crippen LogP contribution in [0.1, 0.15) is 29.5 Å². The quantitative estimate of drug-likeness (QED) is 0.228. The maximum atomic E-state index is 11.1. The number of H-pyrrole nitrogens is 1. The summed E-state index contributed by atoms with van der Waals surface area (Å²) in [4.78, 5) is 17.3. The van der Waals surface area contributed by atoms with Crippen molar-refractivity contribution in [3.63, 3.8) is 0 Å². The highest BCUT2D eigenvalue weighted by Crippen LogP contribution is 2.37. The number of benzene rings is 3. The number of rotatable bonds is 12. The molecule has 8 nitrogen and oxygen atoms in total. The van der Waals surface area contributed by atoms with Gasteiger partial charge in [-0.25, -0.2) is 4.98 Å². The van der Waals surface area contributed by atoms with E-state index in [4.69, 9.17) is 19.5 Å². The van der Waals surface area contributed by atoms with Crippen molar-refractivity contribution in [1.82, 2.24) is 19.8 Å². The minimum absolute atomic E-state index is 0.170. The van der Waals surface area contributed by atoms with Crippen molar-refractivity contribution >= 4 is 22.4 Å². The number of aromatic nitrogens is 2. The van der Waals surface area contributed by atoms with Crippen molar-refractivity contribution in [2.75, 3.05) is 54.5 Å². The molecule has 0 atom stereocenters. The Morgan fingerprint density at radius 3 is 2.23 bits per heavy atom. The van der Waals surface area contributed by atoms with E-state index in [2.05, 4.69) is 49.0 Å². The second-order valence-electron chi connectivity index (χ2n) is 11.0. The van der Waals surface area contributed by atoms with Crippen molar-refractivity contribution in [3.8, 4) is 28.6 Å². The van der Waals surface area contributed by atoms with Crippen LogP contribution in [-0.2, 0) is 6.42 Å². The van der Waals surface area contributed by atoms with E-state index in [1.807, 2.05) is 43.3 Å². The molecule has 3 aromatic carbocycles. The first kappa shape index (κ1) is 27.7. The summed E-state index contributed by atoms with van der Waals surface area (Å²) in [6.07, 6.45) is 2.65. The van der Waals surface area contributed by atoms with Gasteiger partial charge in [0.25, 0.3) is 0 Å². The van der Waals surface area contributed by atoms with Crippen LogP contribution in [0.15, 0.2) is 53.5 Å². The molecule has 1 aliphatic rings. The van der Waals surface area contributed by atoms with Gasteiger partial charge < -0.3 is 29.4 Å². The van der Waals surface area contributed by atoms with Crippen LogP contribution in [0.25, 0.3) is 22.4 Å². The predicted octanol–water partition coefficient (Wildman–Crippen LogP) is 5.58. The van der Waals surface area contributed by atoms with E-state index in [0.717, 1.165) is 83.0 Å². The molecule has 0 unspecified atom stereocenters. The van der Waals surface area contributed by atoms with Crippen molar-refractivity contribution in [2.45, 2.75) is 26.2 Å². The van der Waals surface area contributed by atoms with Gasteiger partial charge in [-0.15, -0.1) is 0 Å². The van der Waals surface area contributed by atoms with Gasteiger partial charge in [0.05, 0.1) is 41.2 Å². The minimum Gasteiger partial charge on any atom is -0.507 e. The summed E-state index contributed by atoms with van der Waals surface area (Å²) < 4.78 is 11.9. The lowest BCUT2D eigenvalue weighted by molar-refractivity contribution is 0.281. The van der Waals surface area contributed by atoms with E-state index in [-0.39, 0.29) is 5.75 Å². The largest absolute Gasteiger partial charge is 0.507 e. The lowest BCUT2D eigenvalue weighted by Crippen LogP contribution is -2.15. The molecule has 40 heavy (non-hydrogen) atoms. The summed E-state index contributed by atoms with van der Waals surface area (Å²) in [7, 11) is 8.24. The van der Waals surface area contributed by atoms with Crippen LogP contribution in [0.2, 0.25) is 0 Å². The van der Waals surface area contributed by atoms with Crippen LogP contribution in [0, 0.1) is 6.92 Å². The number of nitrogens with one attached hydrogen (secondary N) is 1. The molecule has 1 aromatic heterocycles. The van der Waals surface area contributed by atoms with Gasteiger partial charge in [0.2, 0.25) is 0 Å². The highest BCUT2D eigenvalue weighted by atomic mass is 16.5. The molecule has 0 saturated carbocycles. The number of imidazole rings is 1. The molecule has 2 N–H and O–H groups in total. The average Bonchev–Trinajstić information content (AvgIpc) is 3.53. The summed E-state index contributed by atoms with van der Waals surface area (Å²) in [6, 6.07) is 15.7. The highest BCUT2D eigenvalue weighted by Gasteiger charge is 2.21. The summed E-state index contributed by atoms with van der Waals surface area (Å²) in [5.41, 5.74) is 7.37. The number of hydrogen-bond donors (Lipinski definition) is 2. The Hall–Kier alpha value is -3.88. The number of nitrogens with zero attached hydrogens (tertiary/aromatic N) is 4. The number of phenols is 1. The number of aromatic amines is 1. The fourth-order valence-electron chi connectivity index (χ4n) is 4.95. The van der Waals surface area contributed by atoms with Crippen molar-refractivity contribution in [1.29, 1.82) is 0 Å². The number of phenolic OH excluding ortho intramolecular Hbond substituents is 1. The Morgan fingerprint density at radius 1 is 0.850 bits per heavy atom. The van der Waals surface area contributed by atoms with Gasteiger partial charge in [0.1, 0.15) is 23.1 Å². The van der Waals surface area contributed by atoms with Crippen LogP contribution >= 0.6 is 0 Å². The predicted molar refractivity (Wildman–Crippen MR) is 162 cm³/mol. The smallest absolute Gasteiger partial charge is 0.142 e. The van der Waals surface area contributed by atoms with Crippen LogP contribution in [0.4, 0.5) is 5.69 Å². The maximum Gasteiger partial charge on any atom is 0.142 e. The van der Waals surface area contributed by atoms with E-state index < -0.39 is 0 Å². The first-order chi connectivity index (χ1) is 19.3. The number of fused-ring (bicyclic) bond motifs is 2. The number of aliphatic imine (C=N–C) groups is 1. The number of ether oxygens (including phenoxy) is 2. The van der Waals surface area contributed by atoms with Gasteiger partial charge in [0, 0.05) is 37.2 Å². The fourth-order valence-corrected chi connectivity index (χ4v) is 4.95. The van der Waals surface area contributed by atoms with Crippen molar-refractivity contribution in [2.24, 2.45) is 4.99 Å². The van der Waals surface area contributed by atoms with E-state index in [9.17, 15) is 5.11 Å². The lowest BCUT2D eigenvalue weighted by atomic mass is 9.97. The van der Waals surface area contributed by atoms with Gasteiger partial charge in [-0.1, -0.05) is 6.07 Å². The topological polar surface area (TPSA) is 86.2 Å². The van der Waals surface area contributed by atoms with Gasteiger partial charge >= 0.3 is 0 Å². The molecule has 1 aliphatic heterocycles. The third-order valence-corrected chi connectivity index (χ3v) is 7.07.